The minimum Gasteiger partial charge on any atom is -0.346 e. The maximum absolute atomic E-state index is 13.9. The van der Waals surface area contributed by atoms with Gasteiger partial charge in [-0.3, -0.25) is 4.79 Å². The number of carbonyl (C=O) groups excluding carboxylic acids is 1. The molecule has 6 heteroatoms. The first kappa shape index (κ1) is 24.9. The molecule has 38 heavy (non-hydrogen) atoms. The molecule has 202 valence electrons. The number of H-pyrrole nitrogens is 1. The highest BCUT2D eigenvalue weighted by atomic mass is 32.1. The monoisotopic (exact) mass is 530 g/mol. The standard InChI is InChI=1S/C32H42N4OS/c1-19-11-20(2)13-21(12-19)29-26(9-10-35-17-22-15-33-16-23(22)18-35)27-14-28(38-30(27)34-29)32(3,4)31(37)36-24-5-6-25(36)8-7-24/h11-14,22-25,33-34H,5-10,15-18H2,1-4H3. The van der Waals surface area contributed by atoms with Crippen molar-refractivity contribution in [2.24, 2.45) is 11.8 Å². The van der Waals surface area contributed by atoms with E-state index in [-0.39, 0.29) is 0 Å². The molecule has 2 aromatic heterocycles. The van der Waals surface area contributed by atoms with Crippen LogP contribution < -0.4 is 5.32 Å². The summed E-state index contributed by atoms with van der Waals surface area (Å²) in [6.07, 6.45) is 5.80. The first-order chi connectivity index (χ1) is 18.3. The zero-order chi connectivity index (χ0) is 26.2. The zero-order valence-electron chi connectivity index (χ0n) is 23.4. The van der Waals surface area contributed by atoms with Gasteiger partial charge in [0.1, 0.15) is 4.83 Å². The predicted molar refractivity (Wildman–Crippen MR) is 157 cm³/mol. The number of aromatic amines is 1. The quantitative estimate of drug-likeness (QED) is 0.434. The van der Waals surface area contributed by atoms with Crippen molar-refractivity contribution < 1.29 is 4.79 Å². The molecule has 4 aliphatic rings. The van der Waals surface area contributed by atoms with Gasteiger partial charge in [0.2, 0.25) is 5.91 Å². The van der Waals surface area contributed by atoms with Gasteiger partial charge in [0.05, 0.1) is 11.1 Å². The third-order valence-electron chi connectivity index (χ3n) is 10.1. The molecule has 0 saturated carbocycles. The van der Waals surface area contributed by atoms with Gasteiger partial charge in [-0.25, -0.2) is 0 Å². The highest BCUT2D eigenvalue weighted by molar-refractivity contribution is 7.19. The van der Waals surface area contributed by atoms with Crippen molar-refractivity contribution in [3.8, 4) is 11.3 Å². The van der Waals surface area contributed by atoms with Crippen LogP contribution in [0.5, 0.6) is 0 Å². The number of nitrogens with zero attached hydrogens (tertiary/aromatic N) is 2. The average molecular weight is 531 g/mol. The molecule has 0 spiro atoms. The number of carbonyl (C=O) groups is 1. The lowest BCUT2D eigenvalue weighted by Gasteiger charge is -2.31. The molecule has 2 unspecified atom stereocenters. The van der Waals surface area contributed by atoms with E-state index in [4.69, 9.17) is 0 Å². The summed E-state index contributed by atoms with van der Waals surface area (Å²) in [5.74, 6) is 1.97. The summed E-state index contributed by atoms with van der Waals surface area (Å²) in [7, 11) is 0. The van der Waals surface area contributed by atoms with E-state index in [1.54, 1.807) is 11.3 Å². The third-order valence-corrected chi connectivity index (χ3v) is 11.5. The van der Waals surface area contributed by atoms with E-state index < -0.39 is 5.41 Å². The maximum atomic E-state index is 13.9. The fourth-order valence-corrected chi connectivity index (χ4v) is 9.23. The van der Waals surface area contributed by atoms with Crippen LogP contribution >= 0.6 is 11.3 Å². The van der Waals surface area contributed by atoms with E-state index in [1.165, 1.54) is 94.9 Å². The molecule has 2 atom stereocenters. The molecule has 6 heterocycles. The van der Waals surface area contributed by atoms with Gasteiger partial charge >= 0.3 is 0 Å². The number of aryl methyl sites for hydroxylation is 2. The molecule has 4 aliphatic heterocycles. The van der Waals surface area contributed by atoms with Crippen molar-refractivity contribution in [2.75, 3.05) is 32.7 Å². The van der Waals surface area contributed by atoms with Gasteiger partial charge < -0.3 is 20.1 Å². The highest BCUT2D eigenvalue weighted by Crippen LogP contribution is 2.44. The van der Waals surface area contributed by atoms with Gasteiger partial charge in [0.15, 0.2) is 0 Å². The van der Waals surface area contributed by atoms with Gasteiger partial charge in [-0.05, 0) is 114 Å². The van der Waals surface area contributed by atoms with E-state index in [0.29, 0.717) is 18.0 Å². The number of amides is 1. The lowest BCUT2D eigenvalue weighted by Crippen LogP contribution is -2.45. The smallest absolute Gasteiger partial charge is 0.233 e. The van der Waals surface area contributed by atoms with Crippen LogP contribution in [-0.2, 0) is 16.6 Å². The first-order valence-electron chi connectivity index (χ1n) is 14.8. The minimum absolute atomic E-state index is 0.333. The molecule has 7 rings (SSSR count). The average Bonchev–Trinajstić information content (AvgIpc) is 3.69. The fraction of sp³-hybridized carbons (Fsp3) is 0.594. The molecule has 0 radical (unpaired) electrons. The number of benzene rings is 1. The summed E-state index contributed by atoms with van der Waals surface area (Å²) in [6.45, 7) is 14.6. The number of aromatic nitrogens is 1. The van der Waals surface area contributed by atoms with Crippen LogP contribution in [0.25, 0.3) is 21.5 Å². The van der Waals surface area contributed by atoms with Gasteiger partial charge in [0.25, 0.3) is 0 Å². The zero-order valence-corrected chi connectivity index (χ0v) is 24.2. The molecule has 1 aromatic carbocycles. The number of rotatable bonds is 6. The van der Waals surface area contributed by atoms with Gasteiger partial charge in [-0.1, -0.05) is 17.2 Å². The predicted octanol–water partition coefficient (Wildman–Crippen LogP) is 5.64. The Balaban J connectivity index is 1.22. The second kappa shape index (κ2) is 9.21. The Hall–Kier alpha value is -2.15. The molecule has 1 amide bonds. The van der Waals surface area contributed by atoms with Crippen LogP contribution in [0.1, 0.15) is 61.1 Å². The summed E-state index contributed by atoms with van der Waals surface area (Å²) in [5, 5.41) is 4.90. The number of thiophene rings is 1. The van der Waals surface area contributed by atoms with Crippen LogP contribution in [0.2, 0.25) is 0 Å². The maximum Gasteiger partial charge on any atom is 0.233 e. The Kier molecular flexibility index (Phi) is 6.02. The molecule has 4 saturated heterocycles. The fourth-order valence-electron chi connectivity index (χ4n) is 8.04. The largest absolute Gasteiger partial charge is 0.346 e. The molecule has 2 bridgehead atoms. The molecular formula is C32H42N4OS. The van der Waals surface area contributed by atoms with E-state index in [1.807, 2.05) is 0 Å². The van der Waals surface area contributed by atoms with E-state index in [0.717, 1.165) is 24.8 Å². The van der Waals surface area contributed by atoms with Crippen LogP contribution in [0.15, 0.2) is 24.3 Å². The van der Waals surface area contributed by atoms with Crippen LogP contribution in [0.4, 0.5) is 0 Å². The summed E-state index contributed by atoms with van der Waals surface area (Å²) in [6, 6.07) is 10.2. The summed E-state index contributed by atoms with van der Waals surface area (Å²) < 4.78 is 0. The Morgan fingerprint density at radius 2 is 1.61 bits per heavy atom. The van der Waals surface area contributed by atoms with Crippen LogP contribution in [0, 0.1) is 25.7 Å². The van der Waals surface area contributed by atoms with Crippen LogP contribution in [0.3, 0.4) is 0 Å². The first-order valence-corrected chi connectivity index (χ1v) is 15.6. The van der Waals surface area contributed by atoms with Crippen molar-refractivity contribution in [2.45, 2.75) is 77.3 Å². The third kappa shape index (κ3) is 4.06. The van der Waals surface area contributed by atoms with Gasteiger partial charge in [-0.2, -0.15) is 0 Å². The van der Waals surface area contributed by atoms with Crippen molar-refractivity contribution in [1.82, 2.24) is 20.1 Å². The van der Waals surface area contributed by atoms with E-state index in [2.05, 4.69) is 72.1 Å². The number of hydrogen-bond acceptors (Lipinski definition) is 4. The lowest BCUT2D eigenvalue weighted by molar-refractivity contribution is -0.137. The second-order valence-corrected chi connectivity index (χ2v) is 14.2. The van der Waals surface area contributed by atoms with Gasteiger partial charge in [-0.15, -0.1) is 11.3 Å². The molecule has 0 aliphatic carbocycles. The normalized spacial score (nSPS) is 27.2. The lowest BCUT2D eigenvalue weighted by atomic mass is 9.88. The molecule has 3 aromatic rings. The highest BCUT2D eigenvalue weighted by Gasteiger charge is 2.47. The topological polar surface area (TPSA) is 51.4 Å². The van der Waals surface area contributed by atoms with Crippen LogP contribution in [-0.4, -0.2) is 65.5 Å². The minimum atomic E-state index is -0.494. The Labute approximate surface area is 231 Å². The number of likely N-dealkylation sites (tertiary alicyclic amines) is 1. The summed E-state index contributed by atoms with van der Waals surface area (Å²) >= 11 is 1.80. The van der Waals surface area contributed by atoms with Gasteiger partial charge in [0, 0.05) is 42.0 Å². The Morgan fingerprint density at radius 3 is 2.24 bits per heavy atom. The number of nitrogens with one attached hydrogen (secondary N) is 2. The van der Waals surface area contributed by atoms with E-state index in [9.17, 15) is 4.79 Å². The van der Waals surface area contributed by atoms with Crippen molar-refractivity contribution in [3.63, 3.8) is 0 Å². The molecular weight excluding hydrogens is 488 g/mol. The Bertz CT molecular complexity index is 1330. The number of fused-ring (bicyclic) bond motifs is 4. The summed E-state index contributed by atoms with van der Waals surface area (Å²) in [5.41, 5.74) is 6.09. The number of hydrogen-bond donors (Lipinski definition) is 2. The van der Waals surface area contributed by atoms with Crippen molar-refractivity contribution in [3.05, 3.63) is 45.8 Å². The second-order valence-electron chi connectivity index (χ2n) is 13.2. The summed E-state index contributed by atoms with van der Waals surface area (Å²) in [4.78, 5) is 25.1. The Morgan fingerprint density at radius 1 is 0.974 bits per heavy atom. The van der Waals surface area contributed by atoms with E-state index >= 15 is 0 Å². The molecule has 4 fully saturated rings. The van der Waals surface area contributed by atoms with Crippen molar-refractivity contribution >= 4 is 27.5 Å². The molecule has 2 N–H and O–H groups in total. The van der Waals surface area contributed by atoms with Crippen molar-refractivity contribution in [1.29, 1.82) is 0 Å². The molecule has 5 nitrogen and oxygen atoms in total. The SMILES string of the molecule is Cc1cc(C)cc(-c2[nH]c3sc(C(C)(C)C(=O)N4C5CCC4CC5)cc3c2CCN2CC3CNCC3C2)c1.